The van der Waals surface area contributed by atoms with Crippen LogP contribution in [-0.2, 0) is 4.79 Å². The Labute approximate surface area is 204 Å². The Morgan fingerprint density at radius 1 is 0.971 bits per heavy atom. The second kappa shape index (κ2) is 10.9. The molecule has 0 fully saturated rings. The molecule has 0 aliphatic heterocycles. The van der Waals surface area contributed by atoms with E-state index >= 15 is 0 Å². The van der Waals surface area contributed by atoms with Crippen LogP contribution in [0.1, 0.15) is 39.4 Å². The third-order valence-electron chi connectivity index (χ3n) is 4.37. The van der Waals surface area contributed by atoms with Crippen molar-refractivity contribution in [2.24, 2.45) is 0 Å². The average molecular weight is 548 g/mol. The van der Waals surface area contributed by atoms with E-state index in [2.05, 4.69) is 0 Å². The van der Waals surface area contributed by atoms with Crippen LogP contribution >= 0.6 is 34.8 Å². The number of rotatable bonds is 5. The van der Waals surface area contributed by atoms with Crippen molar-refractivity contribution in [3.63, 3.8) is 0 Å². The molecule has 2 N–H and O–H groups in total. The summed E-state index contributed by atoms with van der Waals surface area (Å²) < 4.78 is 77.4. The molecule has 4 nitrogen and oxygen atoms in total. The molecule has 2 amide bonds. The first-order chi connectivity index (χ1) is 15.6. The van der Waals surface area contributed by atoms with Crippen LogP contribution in [0.15, 0.2) is 36.4 Å². The molecule has 1 atom stereocenters. The first-order valence-electron chi connectivity index (χ1n) is 9.24. The van der Waals surface area contributed by atoms with Crippen molar-refractivity contribution in [3.8, 4) is 0 Å². The van der Waals surface area contributed by atoms with E-state index in [-0.39, 0.29) is 26.2 Å². The fourth-order valence-electron chi connectivity index (χ4n) is 2.84. The third-order valence-corrected chi connectivity index (χ3v) is 5.57. The van der Waals surface area contributed by atoms with Gasteiger partial charge in [-0.15, -0.1) is 0 Å². The molecule has 0 aliphatic carbocycles. The summed E-state index contributed by atoms with van der Waals surface area (Å²) in [7, 11) is 0. The second-order valence-electron chi connectivity index (χ2n) is 7.05. The molecule has 1 unspecified atom stereocenters. The molecule has 0 saturated heterocycles. The highest BCUT2D eigenvalue weighted by molar-refractivity contribution is 6.48. The van der Waals surface area contributed by atoms with Crippen LogP contribution in [0, 0.1) is 6.92 Å². The monoisotopic (exact) mass is 546 g/mol. The molecule has 34 heavy (non-hydrogen) atoms. The summed E-state index contributed by atoms with van der Waals surface area (Å²) in [6, 6.07) is 6.08. The number of benzene rings is 2. The van der Waals surface area contributed by atoms with Gasteiger partial charge in [-0.2, -0.15) is 26.3 Å². The van der Waals surface area contributed by atoms with E-state index in [1.54, 1.807) is 5.43 Å². The predicted molar refractivity (Wildman–Crippen MR) is 117 cm³/mol. The van der Waals surface area contributed by atoms with Crippen molar-refractivity contribution >= 4 is 52.7 Å². The smallest absolute Gasteiger partial charge is 0.273 e. The summed E-state index contributed by atoms with van der Waals surface area (Å²) in [5.74, 6) is -4.42. The van der Waals surface area contributed by atoms with E-state index < -0.39 is 36.5 Å². The zero-order valence-electron chi connectivity index (χ0n) is 17.0. The molecule has 2 aromatic carbocycles. The predicted octanol–water partition coefficient (Wildman–Crippen LogP) is 7.03. The Morgan fingerprint density at radius 3 is 2.06 bits per heavy atom. The maximum absolute atomic E-state index is 13.6. The summed E-state index contributed by atoms with van der Waals surface area (Å²) in [6.45, 7) is 1.46. The molecule has 0 aromatic heterocycles. The van der Waals surface area contributed by atoms with Crippen molar-refractivity contribution in [2.75, 3.05) is 0 Å². The lowest BCUT2D eigenvalue weighted by molar-refractivity contribution is -0.154. The number of allylic oxidation sites excluding steroid dienone is 1. The number of carbonyl (C=O) groups is 2. The Balaban J connectivity index is 2.20. The van der Waals surface area contributed by atoms with Crippen LogP contribution in [0.4, 0.5) is 26.3 Å². The van der Waals surface area contributed by atoms with Gasteiger partial charge in [0.05, 0.1) is 21.0 Å². The minimum absolute atomic E-state index is 0.00639. The van der Waals surface area contributed by atoms with Gasteiger partial charge in [-0.25, -0.2) is 0 Å². The highest BCUT2D eigenvalue weighted by atomic mass is 35.5. The number of aryl methyl sites for hydroxylation is 1. The lowest BCUT2D eigenvalue weighted by Gasteiger charge is -2.18. The Hall–Kier alpha value is -2.43. The van der Waals surface area contributed by atoms with Gasteiger partial charge >= 0.3 is 12.4 Å². The summed E-state index contributed by atoms with van der Waals surface area (Å²) >= 11 is 17.5. The van der Waals surface area contributed by atoms with Gasteiger partial charge < -0.3 is 0 Å². The number of hydrogen-bond acceptors (Lipinski definition) is 2. The molecule has 13 heteroatoms. The second-order valence-corrected chi connectivity index (χ2v) is 8.24. The largest absolute Gasteiger partial charge is 0.399 e. The number of hydrogen-bond donors (Lipinski definition) is 2. The molecule has 0 bridgehead atoms. The summed E-state index contributed by atoms with van der Waals surface area (Å²) in [4.78, 5) is 23.3. The first-order valence-corrected chi connectivity index (χ1v) is 10.4. The van der Waals surface area contributed by atoms with Crippen LogP contribution in [0.3, 0.4) is 0 Å². The fourth-order valence-corrected chi connectivity index (χ4v) is 3.45. The minimum atomic E-state index is -4.74. The SMILES string of the molecule is Cc1cc(/C=C/C(c2cc(Cl)c(Cl)c(Cl)c2)C(F)(F)F)ccc1C(=O)NNC(=O)CC(F)(F)F. The van der Waals surface area contributed by atoms with E-state index in [9.17, 15) is 35.9 Å². The van der Waals surface area contributed by atoms with Gasteiger partial charge in [-0.1, -0.05) is 59.1 Å². The highest BCUT2D eigenvalue weighted by Crippen LogP contribution is 2.41. The number of halogens is 9. The zero-order chi connectivity index (χ0) is 25.8. The molecule has 2 aromatic rings. The van der Waals surface area contributed by atoms with E-state index in [0.29, 0.717) is 11.1 Å². The fraction of sp³-hybridized carbons (Fsp3) is 0.238. The Kier molecular flexibility index (Phi) is 8.90. The van der Waals surface area contributed by atoms with Gasteiger partial charge in [-0.3, -0.25) is 20.4 Å². The van der Waals surface area contributed by atoms with Gasteiger partial charge in [-0.05, 0) is 41.8 Å². The number of carbonyl (C=O) groups excluding carboxylic acids is 2. The van der Waals surface area contributed by atoms with Crippen LogP contribution in [0.2, 0.25) is 15.1 Å². The highest BCUT2D eigenvalue weighted by Gasteiger charge is 2.39. The van der Waals surface area contributed by atoms with Gasteiger partial charge in [0.15, 0.2) is 0 Å². The number of hydrazine groups is 1. The number of amides is 2. The topological polar surface area (TPSA) is 58.2 Å². The van der Waals surface area contributed by atoms with Crippen molar-refractivity contribution < 1.29 is 35.9 Å². The molecule has 2 rings (SSSR count). The summed E-state index contributed by atoms with van der Waals surface area (Å²) in [6.07, 6.45) is -9.15. The summed E-state index contributed by atoms with van der Waals surface area (Å²) in [5, 5.41) is -0.350. The molecule has 0 saturated carbocycles. The maximum Gasteiger partial charge on any atom is 0.399 e. The van der Waals surface area contributed by atoms with E-state index in [4.69, 9.17) is 34.8 Å². The van der Waals surface area contributed by atoms with E-state index in [0.717, 1.165) is 18.2 Å². The Bertz CT molecular complexity index is 1090. The van der Waals surface area contributed by atoms with Gasteiger partial charge in [0.25, 0.3) is 5.91 Å². The van der Waals surface area contributed by atoms with Gasteiger partial charge in [0, 0.05) is 5.56 Å². The standard InChI is InChI=1S/C21H15Cl3F6N2O2/c1-10-6-11(2-4-13(10)19(34)32-31-17(33)9-20(25,26)27)3-5-14(21(28,29)30)12-7-15(22)18(24)16(23)8-12/h2-8,14H,9H2,1H3,(H,31,33)(H,32,34)/b5-3+. The maximum atomic E-state index is 13.6. The Morgan fingerprint density at radius 2 is 1.56 bits per heavy atom. The lowest BCUT2D eigenvalue weighted by atomic mass is 9.96. The van der Waals surface area contributed by atoms with Crippen LogP contribution in [0.5, 0.6) is 0 Å². The van der Waals surface area contributed by atoms with Gasteiger partial charge in [0.2, 0.25) is 5.91 Å². The zero-order valence-corrected chi connectivity index (χ0v) is 19.3. The van der Waals surface area contributed by atoms with Crippen molar-refractivity contribution in [2.45, 2.75) is 31.6 Å². The number of alkyl halides is 6. The van der Waals surface area contributed by atoms with Crippen LogP contribution in [0.25, 0.3) is 6.08 Å². The average Bonchev–Trinajstić information content (AvgIpc) is 2.68. The molecule has 184 valence electrons. The quantitative estimate of drug-likeness (QED) is 0.240. The first kappa shape index (κ1) is 27.8. The molecule has 0 aliphatic rings. The van der Waals surface area contributed by atoms with Crippen molar-refractivity contribution in [3.05, 3.63) is 73.7 Å². The molecular weight excluding hydrogens is 533 g/mol. The number of nitrogens with one attached hydrogen (secondary N) is 2. The van der Waals surface area contributed by atoms with Crippen molar-refractivity contribution in [1.29, 1.82) is 0 Å². The normalized spacial score (nSPS) is 13.1. The third kappa shape index (κ3) is 7.82. The van der Waals surface area contributed by atoms with Crippen LogP contribution < -0.4 is 10.9 Å². The van der Waals surface area contributed by atoms with Crippen LogP contribution in [-0.4, -0.2) is 24.2 Å². The summed E-state index contributed by atoms with van der Waals surface area (Å²) in [5.41, 5.74) is 3.85. The molecule has 0 radical (unpaired) electrons. The molecule has 0 spiro atoms. The van der Waals surface area contributed by atoms with Gasteiger partial charge in [0.1, 0.15) is 6.42 Å². The van der Waals surface area contributed by atoms with E-state index in [1.807, 2.05) is 5.43 Å². The minimum Gasteiger partial charge on any atom is -0.273 e. The lowest BCUT2D eigenvalue weighted by Crippen LogP contribution is -2.43. The van der Waals surface area contributed by atoms with E-state index in [1.165, 1.54) is 31.2 Å². The molecular formula is C21H15Cl3F6N2O2. The molecule has 0 heterocycles. The van der Waals surface area contributed by atoms with Crippen molar-refractivity contribution in [1.82, 2.24) is 10.9 Å².